The van der Waals surface area contributed by atoms with Gasteiger partial charge < -0.3 is 19.5 Å². The fraction of sp³-hybridized carbons (Fsp3) is 0.333. The molecular formula is C15H16N4O5. The van der Waals surface area contributed by atoms with Crippen LogP contribution in [0.25, 0.3) is 0 Å². The van der Waals surface area contributed by atoms with Crippen LogP contribution < -0.4 is 10.2 Å². The van der Waals surface area contributed by atoms with Crippen molar-refractivity contribution >= 4 is 23.1 Å². The SMILES string of the molecule is Cc1cc(NC(=O)c2ccc(N3CCOCC3)c([N+](=O)[O-])c2)no1. The van der Waals surface area contributed by atoms with Gasteiger partial charge in [0, 0.05) is 30.8 Å². The minimum Gasteiger partial charge on any atom is -0.378 e. The summed E-state index contributed by atoms with van der Waals surface area (Å²) in [6.45, 7) is 3.88. The molecule has 1 aliphatic rings. The van der Waals surface area contributed by atoms with E-state index in [1.807, 2.05) is 4.90 Å². The van der Waals surface area contributed by atoms with Crippen LogP contribution in [0.2, 0.25) is 0 Å². The second-order valence-corrected chi connectivity index (χ2v) is 5.34. The van der Waals surface area contributed by atoms with Crippen molar-refractivity contribution in [1.29, 1.82) is 0 Å². The van der Waals surface area contributed by atoms with E-state index in [0.717, 1.165) is 0 Å². The van der Waals surface area contributed by atoms with Crippen LogP contribution in [-0.2, 0) is 4.74 Å². The lowest BCUT2D eigenvalue weighted by atomic mass is 10.1. The van der Waals surface area contributed by atoms with Crippen LogP contribution >= 0.6 is 0 Å². The lowest BCUT2D eigenvalue weighted by Gasteiger charge is -2.28. The highest BCUT2D eigenvalue weighted by atomic mass is 16.6. The second-order valence-electron chi connectivity index (χ2n) is 5.34. The van der Waals surface area contributed by atoms with E-state index in [4.69, 9.17) is 9.26 Å². The number of nitrogens with zero attached hydrogens (tertiary/aromatic N) is 3. The summed E-state index contributed by atoms with van der Waals surface area (Å²) in [5, 5.41) is 17.6. The van der Waals surface area contributed by atoms with Crippen LogP contribution in [0.15, 0.2) is 28.8 Å². The quantitative estimate of drug-likeness (QED) is 0.673. The molecule has 3 rings (SSSR count). The maximum atomic E-state index is 12.2. The van der Waals surface area contributed by atoms with Gasteiger partial charge in [-0.25, -0.2) is 0 Å². The molecule has 1 fully saturated rings. The van der Waals surface area contributed by atoms with Crippen LogP contribution in [0.5, 0.6) is 0 Å². The number of nitro benzene ring substituents is 1. The molecule has 1 aromatic heterocycles. The Morgan fingerprint density at radius 2 is 2.08 bits per heavy atom. The first-order valence-corrected chi connectivity index (χ1v) is 7.40. The molecule has 0 unspecified atom stereocenters. The molecule has 2 heterocycles. The van der Waals surface area contributed by atoms with E-state index in [1.165, 1.54) is 6.07 Å². The van der Waals surface area contributed by atoms with Gasteiger partial charge in [-0.3, -0.25) is 14.9 Å². The Balaban J connectivity index is 1.85. The molecule has 9 nitrogen and oxygen atoms in total. The third kappa shape index (κ3) is 3.35. The van der Waals surface area contributed by atoms with Crippen molar-refractivity contribution in [2.45, 2.75) is 6.92 Å². The van der Waals surface area contributed by atoms with E-state index in [9.17, 15) is 14.9 Å². The Hall–Kier alpha value is -2.94. The maximum absolute atomic E-state index is 12.2. The molecule has 24 heavy (non-hydrogen) atoms. The van der Waals surface area contributed by atoms with Gasteiger partial charge in [-0.15, -0.1) is 0 Å². The summed E-state index contributed by atoms with van der Waals surface area (Å²) >= 11 is 0. The van der Waals surface area contributed by atoms with E-state index < -0.39 is 10.8 Å². The maximum Gasteiger partial charge on any atom is 0.293 e. The Morgan fingerprint density at radius 3 is 2.71 bits per heavy atom. The molecule has 0 atom stereocenters. The number of aryl methyl sites for hydroxylation is 1. The van der Waals surface area contributed by atoms with Crippen LogP contribution in [-0.4, -0.2) is 42.3 Å². The summed E-state index contributed by atoms with van der Waals surface area (Å²) in [4.78, 5) is 25.0. The Kier molecular flexibility index (Phi) is 4.43. The average Bonchev–Trinajstić information content (AvgIpc) is 3.00. The number of benzene rings is 1. The number of carbonyl (C=O) groups excluding carboxylic acids is 1. The number of hydrogen-bond acceptors (Lipinski definition) is 7. The first-order chi connectivity index (χ1) is 11.5. The highest BCUT2D eigenvalue weighted by Crippen LogP contribution is 2.30. The number of hydrogen-bond donors (Lipinski definition) is 1. The average molecular weight is 332 g/mol. The Bertz CT molecular complexity index is 767. The van der Waals surface area contributed by atoms with Crippen molar-refractivity contribution in [3.63, 3.8) is 0 Å². The molecule has 0 aliphatic carbocycles. The fourth-order valence-corrected chi connectivity index (χ4v) is 2.50. The number of morpholine rings is 1. The highest BCUT2D eigenvalue weighted by Gasteiger charge is 2.23. The second kappa shape index (κ2) is 6.67. The standard InChI is InChI=1S/C15H16N4O5/c1-10-8-14(17-24-10)16-15(20)11-2-3-12(13(9-11)19(21)22)18-4-6-23-7-5-18/h2-3,8-9H,4-7H2,1H3,(H,16,17,20). The van der Waals surface area contributed by atoms with Gasteiger partial charge in [-0.1, -0.05) is 5.16 Å². The number of amides is 1. The number of aromatic nitrogens is 1. The van der Waals surface area contributed by atoms with Crippen LogP contribution in [0.3, 0.4) is 0 Å². The van der Waals surface area contributed by atoms with Crippen LogP contribution in [0, 0.1) is 17.0 Å². The zero-order valence-corrected chi connectivity index (χ0v) is 13.0. The van der Waals surface area contributed by atoms with Gasteiger partial charge in [0.2, 0.25) is 0 Å². The van der Waals surface area contributed by atoms with E-state index in [1.54, 1.807) is 25.1 Å². The number of nitro groups is 1. The van der Waals surface area contributed by atoms with Gasteiger partial charge in [0.1, 0.15) is 11.4 Å². The smallest absolute Gasteiger partial charge is 0.293 e. The minimum absolute atomic E-state index is 0.110. The molecule has 0 radical (unpaired) electrons. The summed E-state index contributed by atoms with van der Waals surface area (Å²) in [5.74, 6) is 0.330. The predicted molar refractivity (Wildman–Crippen MR) is 85.3 cm³/mol. The molecule has 1 amide bonds. The van der Waals surface area contributed by atoms with Gasteiger partial charge in [0.15, 0.2) is 5.82 Å². The van der Waals surface area contributed by atoms with Gasteiger partial charge >= 0.3 is 0 Å². The number of anilines is 2. The van der Waals surface area contributed by atoms with Crippen molar-refractivity contribution in [3.8, 4) is 0 Å². The molecule has 126 valence electrons. The molecule has 9 heteroatoms. The van der Waals surface area contributed by atoms with E-state index in [2.05, 4.69) is 10.5 Å². The van der Waals surface area contributed by atoms with Gasteiger partial charge in [-0.2, -0.15) is 0 Å². The molecule has 1 aliphatic heterocycles. The zero-order valence-electron chi connectivity index (χ0n) is 13.0. The first kappa shape index (κ1) is 15.9. The largest absolute Gasteiger partial charge is 0.378 e. The van der Waals surface area contributed by atoms with Crippen molar-refractivity contribution in [2.75, 3.05) is 36.5 Å². The van der Waals surface area contributed by atoms with Crippen molar-refractivity contribution in [2.24, 2.45) is 0 Å². The minimum atomic E-state index is -0.486. The van der Waals surface area contributed by atoms with Crippen molar-refractivity contribution in [1.82, 2.24) is 5.16 Å². The van der Waals surface area contributed by atoms with Crippen LogP contribution in [0.4, 0.5) is 17.2 Å². The molecule has 1 saturated heterocycles. The summed E-state index contributed by atoms with van der Waals surface area (Å²) in [5.41, 5.74) is 0.553. The number of nitrogens with one attached hydrogen (secondary N) is 1. The first-order valence-electron chi connectivity index (χ1n) is 7.40. The van der Waals surface area contributed by atoms with Gasteiger partial charge in [0.25, 0.3) is 11.6 Å². The monoisotopic (exact) mass is 332 g/mol. The highest BCUT2D eigenvalue weighted by molar-refractivity contribution is 6.04. The lowest BCUT2D eigenvalue weighted by Crippen LogP contribution is -2.36. The predicted octanol–water partition coefficient (Wildman–Crippen LogP) is 1.98. The Morgan fingerprint density at radius 1 is 1.33 bits per heavy atom. The molecule has 2 aromatic rings. The zero-order chi connectivity index (χ0) is 17.1. The third-order valence-electron chi connectivity index (χ3n) is 3.66. The Labute approximate surface area is 137 Å². The summed E-state index contributed by atoms with van der Waals surface area (Å²) in [6.07, 6.45) is 0. The molecule has 0 bridgehead atoms. The normalized spacial score (nSPS) is 14.5. The van der Waals surface area contributed by atoms with Gasteiger partial charge in [0.05, 0.1) is 18.1 Å². The molecule has 1 aromatic carbocycles. The van der Waals surface area contributed by atoms with E-state index in [-0.39, 0.29) is 17.1 Å². The number of rotatable bonds is 4. The molecule has 0 spiro atoms. The fourth-order valence-electron chi connectivity index (χ4n) is 2.50. The molecular weight excluding hydrogens is 316 g/mol. The van der Waals surface area contributed by atoms with Crippen LogP contribution in [0.1, 0.15) is 16.1 Å². The lowest BCUT2D eigenvalue weighted by molar-refractivity contribution is -0.384. The number of carbonyl (C=O) groups is 1. The topological polar surface area (TPSA) is 111 Å². The number of ether oxygens (including phenoxy) is 1. The van der Waals surface area contributed by atoms with Crippen molar-refractivity contribution in [3.05, 3.63) is 45.7 Å². The van der Waals surface area contributed by atoms with E-state index >= 15 is 0 Å². The van der Waals surface area contributed by atoms with E-state index in [0.29, 0.717) is 37.8 Å². The summed E-state index contributed by atoms with van der Waals surface area (Å²) in [7, 11) is 0. The molecule has 0 saturated carbocycles. The third-order valence-corrected chi connectivity index (χ3v) is 3.66. The van der Waals surface area contributed by atoms with Crippen molar-refractivity contribution < 1.29 is 19.0 Å². The summed E-state index contributed by atoms with van der Waals surface area (Å²) < 4.78 is 10.1. The van der Waals surface area contributed by atoms with Gasteiger partial charge in [-0.05, 0) is 19.1 Å². The molecule has 1 N–H and O–H groups in total. The summed E-state index contributed by atoms with van der Waals surface area (Å²) in [6, 6.07) is 5.98.